The monoisotopic (exact) mass is 291 g/mol. The van der Waals surface area contributed by atoms with Crippen LogP contribution in [0.1, 0.15) is 46.0 Å². The second-order valence-electron chi connectivity index (χ2n) is 5.38. The molecule has 5 nitrogen and oxygen atoms in total. The maximum absolute atomic E-state index is 12.6. The first kappa shape index (κ1) is 16.9. The van der Waals surface area contributed by atoms with E-state index in [0.29, 0.717) is 25.6 Å². The van der Waals surface area contributed by atoms with Gasteiger partial charge >= 0.3 is 0 Å². The summed E-state index contributed by atoms with van der Waals surface area (Å²) >= 11 is 0. The van der Waals surface area contributed by atoms with Crippen LogP contribution < -0.4 is 5.73 Å². The molecule has 2 unspecified atom stereocenters. The molecule has 2 N–H and O–H groups in total. The first-order chi connectivity index (χ1) is 8.98. The lowest BCUT2D eigenvalue weighted by atomic mass is 10.0. The minimum absolute atomic E-state index is 0.0871. The number of hydrogen-bond acceptors (Lipinski definition) is 3. The number of rotatable bonds is 8. The highest BCUT2D eigenvalue weighted by atomic mass is 32.2. The standard InChI is InChI=1S/C13H29N3O2S/c1-4-6-10-15(3)19(17,18)16(5-2)13-9-7-8-12(13)11-14/h12-13H,4-11,14H2,1-3H3. The molecule has 0 aliphatic heterocycles. The van der Waals surface area contributed by atoms with Crippen molar-refractivity contribution in [3.63, 3.8) is 0 Å². The second-order valence-corrected chi connectivity index (χ2v) is 7.37. The Morgan fingerprint density at radius 2 is 1.95 bits per heavy atom. The van der Waals surface area contributed by atoms with Gasteiger partial charge in [0.1, 0.15) is 0 Å². The van der Waals surface area contributed by atoms with Gasteiger partial charge < -0.3 is 5.73 Å². The van der Waals surface area contributed by atoms with Crippen molar-refractivity contribution in [3.8, 4) is 0 Å². The molecule has 1 fully saturated rings. The Labute approximate surface area is 118 Å². The predicted octanol–water partition coefficient (Wildman–Crippen LogP) is 1.41. The van der Waals surface area contributed by atoms with E-state index in [-0.39, 0.29) is 6.04 Å². The molecule has 0 aromatic rings. The molecule has 0 bridgehead atoms. The van der Waals surface area contributed by atoms with E-state index >= 15 is 0 Å². The molecule has 2 atom stereocenters. The quantitative estimate of drug-likeness (QED) is 0.735. The molecule has 0 spiro atoms. The number of unbranched alkanes of at least 4 members (excludes halogenated alkanes) is 1. The molecule has 0 aromatic carbocycles. The minimum Gasteiger partial charge on any atom is -0.330 e. The van der Waals surface area contributed by atoms with E-state index in [9.17, 15) is 8.42 Å². The van der Waals surface area contributed by atoms with Crippen molar-refractivity contribution < 1.29 is 8.42 Å². The summed E-state index contributed by atoms with van der Waals surface area (Å²) in [5, 5.41) is 0. The van der Waals surface area contributed by atoms with Crippen LogP contribution in [0.25, 0.3) is 0 Å². The summed E-state index contributed by atoms with van der Waals surface area (Å²) in [5.41, 5.74) is 5.78. The molecule has 6 heteroatoms. The third kappa shape index (κ3) is 3.90. The summed E-state index contributed by atoms with van der Waals surface area (Å²) in [4.78, 5) is 0. The van der Waals surface area contributed by atoms with Gasteiger partial charge in [-0.3, -0.25) is 0 Å². The van der Waals surface area contributed by atoms with Crippen LogP contribution in [0.3, 0.4) is 0 Å². The average Bonchev–Trinajstić information content (AvgIpc) is 2.84. The van der Waals surface area contributed by atoms with Crippen molar-refractivity contribution in [2.75, 3.05) is 26.7 Å². The van der Waals surface area contributed by atoms with Gasteiger partial charge in [-0.1, -0.05) is 26.7 Å². The molecule has 19 heavy (non-hydrogen) atoms. The Morgan fingerprint density at radius 3 is 2.47 bits per heavy atom. The van der Waals surface area contributed by atoms with Crippen molar-refractivity contribution in [2.45, 2.75) is 52.0 Å². The maximum Gasteiger partial charge on any atom is 0.281 e. The molecule has 0 saturated heterocycles. The van der Waals surface area contributed by atoms with Crippen LogP contribution >= 0.6 is 0 Å². The Bertz CT molecular complexity index is 359. The molecular formula is C13H29N3O2S. The molecule has 1 aliphatic rings. The predicted molar refractivity (Wildman–Crippen MR) is 79.0 cm³/mol. The van der Waals surface area contributed by atoms with Gasteiger partial charge in [0.25, 0.3) is 10.2 Å². The SMILES string of the molecule is CCCCN(C)S(=O)(=O)N(CC)C1CCCC1CN. The Hall–Kier alpha value is -0.170. The lowest BCUT2D eigenvalue weighted by Gasteiger charge is -2.34. The van der Waals surface area contributed by atoms with Gasteiger partial charge in [0.15, 0.2) is 0 Å². The smallest absolute Gasteiger partial charge is 0.281 e. The van der Waals surface area contributed by atoms with Crippen molar-refractivity contribution in [1.29, 1.82) is 0 Å². The van der Waals surface area contributed by atoms with Crippen molar-refractivity contribution >= 4 is 10.2 Å². The molecular weight excluding hydrogens is 262 g/mol. The molecule has 0 heterocycles. The zero-order valence-corrected chi connectivity index (χ0v) is 13.3. The molecule has 1 rings (SSSR count). The van der Waals surface area contributed by atoms with Crippen LogP contribution in [0.5, 0.6) is 0 Å². The number of nitrogens with zero attached hydrogens (tertiary/aromatic N) is 2. The summed E-state index contributed by atoms with van der Waals surface area (Å²) in [6.07, 6.45) is 4.97. The van der Waals surface area contributed by atoms with Gasteiger partial charge in [0.2, 0.25) is 0 Å². The summed E-state index contributed by atoms with van der Waals surface area (Å²) in [6.45, 7) is 5.68. The van der Waals surface area contributed by atoms with Crippen molar-refractivity contribution in [2.24, 2.45) is 11.7 Å². The van der Waals surface area contributed by atoms with Crippen LogP contribution in [-0.4, -0.2) is 49.8 Å². The third-order valence-corrected chi connectivity index (χ3v) is 6.21. The van der Waals surface area contributed by atoms with Crippen LogP contribution in [0.15, 0.2) is 0 Å². The van der Waals surface area contributed by atoms with E-state index in [4.69, 9.17) is 5.73 Å². The Kier molecular flexibility index (Phi) is 6.73. The highest BCUT2D eigenvalue weighted by molar-refractivity contribution is 7.86. The van der Waals surface area contributed by atoms with Gasteiger partial charge in [-0.05, 0) is 31.7 Å². The molecule has 114 valence electrons. The van der Waals surface area contributed by atoms with E-state index in [2.05, 4.69) is 6.92 Å². The van der Waals surface area contributed by atoms with E-state index in [1.807, 2.05) is 6.92 Å². The highest BCUT2D eigenvalue weighted by Gasteiger charge is 2.38. The van der Waals surface area contributed by atoms with Crippen LogP contribution in [0, 0.1) is 5.92 Å². The van der Waals surface area contributed by atoms with Crippen molar-refractivity contribution in [3.05, 3.63) is 0 Å². The topological polar surface area (TPSA) is 66.6 Å². The summed E-state index contributed by atoms with van der Waals surface area (Å²) in [7, 11) is -1.66. The fourth-order valence-corrected chi connectivity index (χ4v) is 4.58. The largest absolute Gasteiger partial charge is 0.330 e. The summed E-state index contributed by atoms with van der Waals surface area (Å²) in [6, 6.07) is 0.0871. The van der Waals surface area contributed by atoms with E-state index in [1.165, 1.54) is 4.31 Å². The molecule has 1 saturated carbocycles. The van der Waals surface area contributed by atoms with Gasteiger partial charge in [-0.25, -0.2) is 0 Å². The van der Waals surface area contributed by atoms with Crippen molar-refractivity contribution in [1.82, 2.24) is 8.61 Å². The number of hydrogen-bond donors (Lipinski definition) is 1. The lowest BCUT2D eigenvalue weighted by Crippen LogP contribution is -2.49. The Morgan fingerprint density at radius 1 is 1.26 bits per heavy atom. The highest BCUT2D eigenvalue weighted by Crippen LogP contribution is 2.31. The molecule has 0 radical (unpaired) electrons. The van der Waals surface area contributed by atoms with Crippen LogP contribution in [0.2, 0.25) is 0 Å². The van der Waals surface area contributed by atoms with Crippen LogP contribution in [0.4, 0.5) is 0 Å². The van der Waals surface area contributed by atoms with E-state index in [0.717, 1.165) is 32.1 Å². The zero-order valence-electron chi connectivity index (χ0n) is 12.5. The molecule has 1 aliphatic carbocycles. The number of nitrogens with two attached hydrogens (primary N) is 1. The van der Waals surface area contributed by atoms with E-state index < -0.39 is 10.2 Å². The Balaban J connectivity index is 2.82. The third-order valence-electron chi connectivity index (χ3n) is 4.12. The average molecular weight is 291 g/mol. The molecule has 0 aromatic heterocycles. The first-order valence-corrected chi connectivity index (χ1v) is 8.81. The van der Waals surface area contributed by atoms with E-state index in [1.54, 1.807) is 11.4 Å². The zero-order chi connectivity index (χ0) is 14.5. The molecule has 0 amide bonds. The van der Waals surface area contributed by atoms with Gasteiger partial charge in [-0.2, -0.15) is 17.0 Å². The van der Waals surface area contributed by atoms with Gasteiger partial charge in [0, 0.05) is 26.2 Å². The summed E-state index contributed by atoms with van der Waals surface area (Å²) < 4.78 is 28.4. The minimum atomic E-state index is -3.34. The van der Waals surface area contributed by atoms with Crippen LogP contribution in [-0.2, 0) is 10.2 Å². The summed E-state index contributed by atoms with van der Waals surface area (Å²) in [5.74, 6) is 0.314. The fraction of sp³-hybridized carbons (Fsp3) is 1.00. The maximum atomic E-state index is 12.6. The lowest BCUT2D eigenvalue weighted by molar-refractivity contribution is 0.257. The second kappa shape index (κ2) is 7.57. The normalized spacial score (nSPS) is 24.5. The van der Waals surface area contributed by atoms with Gasteiger partial charge in [0.05, 0.1) is 0 Å². The fourth-order valence-electron chi connectivity index (χ4n) is 2.92. The van der Waals surface area contributed by atoms with Gasteiger partial charge in [-0.15, -0.1) is 0 Å². The first-order valence-electron chi connectivity index (χ1n) is 7.42.